The smallest absolute Gasteiger partial charge is 0.0367 e. The fourth-order valence-electron chi connectivity index (χ4n) is 0.977. The van der Waals surface area contributed by atoms with Crippen molar-refractivity contribution < 1.29 is 0 Å². The molecule has 0 aromatic carbocycles. The van der Waals surface area contributed by atoms with Crippen molar-refractivity contribution in [3.05, 3.63) is 36.1 Å². The lowest BCUT2D eigenvalue weighted by Gasteiger charge is -1.95. The van der Waals surface area contributed by atoms with Gasteiger partial charge < -0.3 is 5.32 Å². The van der Waals surface area contributed by atoms with E-state index in [1.54, 1.807) is 0 Å². The molecule has 1 N–H and O–H groups in total. The molecule has 0 amide bonds. The van der Waals surface area contributed by atoms with E-state index in [0.29, 0.717) is 0 Å². The van der Waals surface area contributed by atoms with Crippen LogP contribution in [-0.2, 0) is 0 Å². The number of rotatable bonds is 1. The van der Waals surface area contributed by atoms with Crippen molar-refractivity contribution in [2.75, 3.05) is 6.54 Å². The molecule has 0 aromatic heterocycles. The Bertz CT molecular complexity index is 187. The Balaban J connectivity index is 2.62. The molecule has 0 unspecified atom stereocenters. The molecule has 1 nitrogen and oxygen atoms in total. The van der Waals surface area contributed by atoms with E-state index >= 15 is 0 Å². The Morgan fingerprint density at radius 3 is 2.90 bits per heavy atom. The molecular weight excluding hydrogens is 122 g/mol. The lowest BCUT2D eigenvalue weighted by atomic mass is 10.2. The van der Waals surface area contributed by atoms with Gasteiger partial charge in [-0.25, -0.2) is 0 Å². The van der Waals surface area contributed by atoms with E-state index in [9.17, 15) is 0 Å². The molecule has 0 bridgehead atoms. The molecule has 1 rings (SSSR count). The Morgan fingerprint density at radius 2 is 2.40 bits per heavy atom. The maximum Gasteiger partial charge on any atom is 0.0367 e. The summed E-state index contributed by atoms with van der Waals surface area (Å²) in [6.07, 6.45) is 7.19. The van der Waals surface area contributed by atoms with Gasteiger partial charge in [0.1, 0.15) is 0 Å². The summed E-state index contributed by atoms with van der Waals surface area (Å²) in [5.41, 5.74) is 2.41. The molecule has 1 fully saturated rings. The molecule has 1 saturated heterocycles. The largest absolute Gasteiger partial charge is 0.385 e. The van der Waals surface area contributed by atoms with Gasteiger partial charge in [0.15, 0.2) is 0 Å². The highest BCUT2D eigenvalue weighted by molar-refractivity contribution is 5.33. The fourth-order valence-corrected chi connectivity index (χ4v) is 0.977. The summed E-state index contributed by atoms with van der Waals surface area (Å²) in [4.78, 5) is 0. The summed E-state index contributed by atoms with van der Waals surface area (Å²) in [5.74, 6) is 0. The third-order valence-corrected chi connectivity index (χ3v) is 1.58. The van der Waals surface area contributed by atoms with Crippen molar-refractivity contribution in [1.29, 1.82) is 0 Å². The highest BCUT2D eigenvalue weighted by Gasteiger charge is 2.07. The van der Waals surface area contributed by atoms with E-state index in [1.807, 2.05) is 19.1 Å². The van der Waals surface area contributed by atoms with Crippen LogP contribution in [0.5, 0.6) is 0 Å². The van der Waals surface area contributed by atoms with Crippen molar-refractivity contribution in [3.63, 3.8) is 0 Å². The minimum atomic E-state index is 1.04. The standard InChI is InChI=1S/C9H13N/c1-3-4-5-9-8(2)6-7-10-9/h3-5,10H,2,6-7H2,1H3/b4-3-,9-5+. The van der Waals surface area contributed by atoms with Crippen LogP contribution in [0.3, 0.4) is 0 Å². The van der Waals surface area contributed by atoms with Gasteiger partial charge in [0.2, 0.25) is 0 Å². The predicted octanol–water partition coefficient (Wildman–Crippen LogP) is 2.00. The average molecular weight is 135 g/mol. The van der Waals surface area contributed by atoms with Gasteiger partial charge in [-0.2, -0.15) is 0 Å². The molecule has 0 radical (unpaired) electrons. The molecule has 1 aliphatic heterocycles. The molecule has 1 aliphatic rings. The highest BCUT2D eigenvalue weighted by atomic mass is 14.9. The van der Waals surface area contributed by atoms with Gasteiger partial charge in [-0.3, -0.25) is 0 Å². The number of hydrogen-bond donors (Lipinski definition) is 1. The van der Waals surface area contributed by atoms with Gasteiger partial charge in [0.25, 0.3) is 0 Å². The molecule has 0 saturated carbocycles. The number of allylic oxidation sites excluding steroid dienone is 4. The van der Waals surface area contributed by atoms with Crippen molar-refractivity contribution in [2.45, 2.75) is 13.3 Å². The normalized spacial score (nSPS) is 22.5. The third-order valence-electron chi connectivity index (χ3n) is 1.58. The summed E-state index contributed by atoms with van der Waals surface area (Å²) < 4.78 is 0. The number of hydrogen-bond acceptors (Lipinski definition) is 1. The van der Waals surface area contributed by atoms with E-state index in [1.165, 1.54) is 11.3 Å². The van der Waals surface area contributed by atoms with Crippen LogP contribution in [0.4, 0.5) is 0 Å². The van der Waals surface area contributed by atoms with Gasteiger partial charge in [-0.15, -0.1) is 0 Å². The SMILES string of the molecule is C=C1CCN/C1=C/C=C\C. The van der Waals surface area contributed by atoms with Crippen molar-refractivity contribution in [1.82, 2.24) is 5.32 Å². The van der Waals surface area contributed by atoms with Crippen LogP contribution in [-0.4, -0.2) is 6.54 Å². The minimum Gasteiger partial charge on any atom is -0.385 e. The van der Waals surface area contributed by atoms with E-state index in [0.717, 1.165) is 13.0 Å². The maximum atomic E-state index is 3.92. The summed E-state index contributed by atoms with van der Waals surface area (Å²) in [6, 6.07) is 0. The molecule has 54 valence electrons. The zero-order chi connectivity index (χ0) is 7.40. The molecule has 0 atom stereocenters. The zero-order valence-corrected chi connectivity index (χ0v) is 6.35. The molecule has 0 aliphatic carbocycles. The lowest BCUT2D eigenvalue weighted by molar-refractivity contribution is 0.915. The van der Waals surface area contributed by atoms with Gasteiger partial charge >= 0.3 is 0 Å². The maximum absolute atomic E-state index is 3.92. The second-order valence-corrected chi connectivity index (χ2v) is 2.39. The summed E-state index contributed by atoms with van der Waals surface area (Å²) >= 11 is 0. The molecule has 0 aromatic rings. The topological polar surface area (TPSA) is 12.0 Å². The lowest BCUT2D eigenvalue weighted by Crippen LogP contribution is -2.02. The van der Waals surface area contributed by atoms with E-state index in [-0.39, 0.29) is 0 Å². The van der Waals surface area contributed by atoms with Gasteiger partial charge in [-0.1, -0.05) is 18.7 Å². The van der Waals surface area contributed by atoms with Crippen molar-refractivity contribution >= 4 is 0 Å². The second kappa shape index (κ2) is 3.25. The predicted molar refractivity (Wildman–Crippen MR) is 44.7 cm³/mol. The van der Waals surface area contributed by atoms with Gasteiger partial charge in [-0.05, 0) is 25.0 Å². The molecule has 1 heterocycles. The Labute approximate surface area is 62.1 Å². The van der Waals surface area contributed by atoms with Crippen LogP contribution in [0, 0.1) is 0 Å². The monoisotopic (exact) mass is 135 g/mol. The highest BCUT2D eigenvalue weighted by Crippen LogP contribution is 2.14. The Kier molecular flexibility index (Phi) is 2.32. The van der Waals surface area contributed by atoms with Gasteiger partial charge in [0.05, 0.1) is 0 Å². The minimum absolute atomic E-state index is 1.04. The van der Waals surface area contributed by atoms with Crippen LogP contribution in [0.25, 0.3) is 0 Å². The Morgan fingerprint density at radius 1 is 1.60 bits per heavy atom. The zero-order valence-electron chi connectivity index (χ0n) is 6.35. The van der Waals surface area contributed by atoms with Crippen LogP contribution in [0.15, 0.2) is 36.1 Å². The van der Waals surface area contributed by atoms with E-state index in [4.69, 9.17) is 0 Å². The number of nitrogens with one attached hydrogen (secondary N) is 1. The van der Waals surface area contributed by atoms with Crippen molar-refractivity contribution in [3.8, 4) is 0 Å². The quantitative estimate of drug-likeness (QED) is 0.580. The summed E-state index contributed by atoms with van der Waals surface area (Å²) in [7, 11) is 0. The second-order valence-electron chi connectivity index (χ2n) is 2.39. The van der Waals surface area contributed by atoms with Crippen LogP contribution in [0.2, 0.25) is 0 Å². The van der Waals surface area contributed by atoms with Crippen LogP contribution in [0.1, 0.15) is 13.3 Å². The molecular formula is C9H13N. The first kappa shape index (κ1) is 7.13. The fraction of sp³-hybridized carbons (Fsp3) is 0.333. The molecule has 10 heavy (non-hydrogen) atoms. The van der Waals surface area contributed by atoms with Gasteiger partial charge in [0, 0.05) is 12.2 Å². The van der Waals surface area contributed by atoms with E-state index < -0.39 is 0 Å². The van der Waals surface area contributed by atoms with Crippen LogP contribution >= 0.6 is 0 Å². The first-order valence-corrected chi connectivity index (χ1v) is 3.59. The van der Waals surface area contributed by atoms with Crippen molar-refractivity contribution in [2.24, 2.45) is 0 Å². The van der Waals surface area contributed by atoms with E-state index in [2.05, 4.69) is 18.0 Å². The Hall–Kier alpha value is -0.980. The summed E-state index contributed by atoms with van der Waals surface area (Å²) in [6.45, 7) is 6.98. The molecule has 1 heteroatoms. The third kappa shape index (κ3) is 1.50. The first-order valence-electron chi connectivity index (χ1n) is 3.59. The van der Waals surface area contributed by atoms with Crippen LogP contribution < -0.4 is 5.32 Å². The first-order chi connectivity index (χ1) is 4.84. The molecule has 0 spiro atoms. The summed E-state index contributed by atoms with van der Waals surface area (Å²) in [5, 5.41) is 3.25. The average Bonchev–Trinajstić information content (AvgIpc) is 2.31.